The van der Waals surface area contributed by atoms with Crippen LogP contribution in [0.2, 0.25) is 0 Å². The predicted octanol–water partition coefficient (Wildman–Crippen LogP) is 4.31. The summed E-state index contributed by atoms with van der Waals surface area (Å²) in [6.45, 7) is 5.97. The molecule has 1 amide bonds. The van der Waals surface area contributed by atoms with Gasteiger partial charge in [0.1, 0.15) is 0 Å². The normalized spacial score (nSPS) is 21.0. The lowest BCUT2D eigenvalue weighted by Gasteiger charge is -2.40. The molecule has 5 nitrogen and oxygen atoms in total. The van der Waals surface area contributed by atoms with Gasteiger partial charge in [-0.1, -0.05) is 42.0 Å². The van der Waals surface area contributed by atoms with Gasteiger partial charge in [-0.05, 0) is 55.5 Å². The van der Waals surface area contributed by atoms with Crippen molar-refractivity contribution in [1.82, 2.24) is 9.88 Å². The third-order valence-corrected chi connectivity index (χ3v) is 7.14. The quantitative estimate of drug-likeness (QED) is 0.602. The molecule has 33 heavy (non-hydrogen) atoms. The van der Waals surface area contributed by atoms with E-state index in [1.54, 1.807) is 0 Å². The van der Waals surface area contributed by atoms with E-state index in [1.807, 2.05) is 12.3 Å². The van der Waals surface area contributed by atoms with Crippen molar-refractivity contribution in [1.29, 1.82) is 0 Å². The molecule has 0 radical (unpaired) electrons. The second-order valence-electron chi connectivity index (χ2n) is 9.49. The fourth-order valence-corrected chi connectivity index (χ4v) is 5.36. The van der Waals surface area contributed by atoms with Gasteiger partial charge in [-0.25, -0.2) is 0 Å². The zero-order valence-corrected chi connectivity index (χ0v) is 19.3. The molecule has 0 N–H and O–H groups in total. The lowest BCUT2D eigenvalue weighted by atomic mass is 9.72. The Morgan fingerprint density at radius 2 is 1.94 bits per heavy atom. The summed E-state index contributed by atoms with van der Waals surface area (Å²) in [4.78, 5) is 20.6. The fourth-order valence-electron chi connectivity index (χ4n) is 5.36. The lowest BCUT2D eigenvalue weighted by molar-refractivity contribution is -0.141. The van der Waals surface area contributed by atoms with Gasteiger partial charge >= 0.3 is 0 Å². The van der Waals surface area contributed by atoms with E-state index in [1.165, 1.54) is 11.1 Å². The maximum Gasteiger partial charge on any atom is 0.233 e. The molecule has 0 saturated carbocycles. The number of ether oxygens (including phenoxy) is 2. The number of aryl methyl sites for hydroxylation is 1. The highest BCUT2D eigenvalue weighted by Crippen LogP contribution is 2.37. The van der Waals surface area contributed by atoms with Crippen LogP contribution in [0.5, 0.6) is 0 Å². The molecule has 0 aliphatic carbocycles. The van der Waals surface area contributed by atoms with Gasteiger partial charge in [0.2, 0.25) is 5.91 Å². The minimum absolute atomic E-state index is 0.231. The average Bonchev–Trinajstić information content (AvgIpc) is 3.09. The van der Waals surface area contributed by atoms with E-state index in [2.05, 4.69) is 65.3 Å². The third kappa shape index (κ3) is 4.66. The summed E-state index contributed by atoms with van der Waals surface area (Å²) >= 11 is 0. The van der Waals surface area contributed by atoms with Crippen molar-refractivity contribution >= 4 is 16.8 Å². The van der Waals surface area contributed by atoms with Crippen molar-refractivity contribution < 1.29 is 14.3 Å². The van der Waals surface area contributed by atoms with Crippen LogP contribution >= 0.6 is 0 Å². The van der Waals surface area contributed by atoms with Gasteiger partial charge in [0, 0.05) is 43.8 Å². The molecule has 3 aromatic rings. The minimum Gasteiger partial charge on any atom is -0.381 e. The number of pyridine rings is 1. The molecule has 2 aromatic carbocycles. The van der Waals surface area contributed by atoms with Crippen LogP contribution in [0.1, 0.15) is 29.5 Å². The van der Waals surface area contributed by atoms with Crippen molar-refractivity contribution in [2.75, 3.05) is 39.5 Å². The first kappa shape index (κ1) is 22.1. The Kier molecular flexibility index (Phi) is 6.43. The molecule has 2 fully saturated rings. The number of rotatable bonds is 4. The summed E-state index contributed by atoms with van der Waals surface area (Å²) in [5.74, 6) is 0.495. The molecule has 5 heteroatoms. The maximum absolute atomic E-state index is 14.1. The van der Waals surface area contributed by atoms with Gasteiger partial charge in [-0.2, -0.15) is 0 Å². The highest BCUT2D eigenvalue weighted by molar-refractivity contribution is 5.88. The number of fused-ring (bicyclic) bond motifs is 1. The second kappa shape index (κ2) is 9.62. The summed E-state index contributed by atoms with van der Waals surface area (Å²) in [5.41, 5.74) is 4.08. The predicted molar refractivity (Wildman–Crippen MR) is 129 cm³/mol. The van der Waals surface area contributed by atoms with Gasteiger partial charge < -0.3 is 14.4 Å². The monoisotopic (exact) mass is 444 g/mol. The highest BCUT2D eigenvalue weighted by Gasteiger charge is 2.44. The van der Waals surface area contributed by atoms with E-state index in [0.717, 1.165) is 42.3 Å². The van der Waals surface area contributed by atoms with Crippen LogP contribution in [-0.4, -0.2) is 55.3 Å². The zero-order valence-electron chi connectivity index (χ0n) is 19.3. The van der Waals surface area contributed by atoms with Crippen LogP contribution in [-0.2, 0) is 26.1 Å². The summed E-state index contributed by atoms with van der Waals surface area (Å²) in [5, 5.41) is 1.15. The molecule has 2 saturated heterocycles. The number of aromatic nitrogens is 1. The number of carbonyl (C=O) groups is 1. The zero-order chi connectivity index (χ0) is 22.7. The Hall–Kier alpha value is -2.76. The topological polar surface area (TPSA) is 51.7 Å². The van der Waals surface area contributed by atoms with Crippen LogP contribution < -0.4 is 0 Å². The first-order valence-electron chi connectivity index (χ1n) is 12.0. The van der Waals surface area contributed by atoms with E-state index < -0.39 is 5.41 Å². The van der Waals surface area contributed by atoms with Crippen LogP contribution in [0, 0.1) is 12.8 Å². The first-order chi connectivity index (χ1) is 16.1. The van der Waals surface area contributed by atoms with Gasteiger partial charge in [-0.3, -0.25) is 9.78 Å². The molecule has 0 spiro atoms. The van der Waals surface area contributed by atoms with Crippen molar-refractivity contribution in [3.63, 3.8) is 0 Å². The Morgan fingerprint density at radius 3 is 2.79 bits per heavy atom. The van der Waals surface area contributed by atoms with E-state index in [9.17, 15) is 4.79 Å². The van der Waals surface area contributed by atoms with E-state index in [4.69, 9.17) is 9.47 Å². The number of carbonyl (C=O) groups excluding carboxylic acids is 1. The average molecular weight is 445 g/mol. The van der Waals surface area contributed by atoms with Crippen LogP contribution in [0.4, 0.5) is 0 Å². The smallest absolute Gasteiger partial charge is 0.233 e. The summed E-state index contributed by atoms with van der Waals surface area (Å²) in [6.07, 6.45) is 4.17. The SMILES string of the molecule is Cc1cccc(C2(C(=O)N3CCOC[C@H](Cc4ccc5ncccc5c4)C3)CCOCC2)c1. The van der Waals surface area contributed by atoms with Gasteiger partial charge in [-0.15, -0.1) is 0 Å². The maximum atomic E-state index is 14.1. The molecule has 2 aliphatic rings. The Labute approximate surface area is 195 Å². The van der Waals surface area contributed by atoms with Crippen molar-refractivity contribution in [2.45, 2.75) is 31.6 Å². The Balaban J connectivity index is 1.38. The number of benzene rings is 2. The van der Waals surface area contributed by atoms with E-state index >= 15 is 0 Å². The Morgan fingerprint density at radius 1 is 1.06 bits per heavy atom. The molecule has 0 bridgehead atoms. The van der Waals surface area contributed by atoms with E-state index in [0.29, 0.717) is 33.0 Å². The summed E-state index contributed by atoms with van der Waals surface area (Å²) in [7, 11) is 0. The number of hydrogen-bond donors (Lipinski definition) is 0. The minimum atomic E-state index is -0.506. The number of hydrogen-bond acceptors (Lipinski definition) is 4. The summed E-state index contributed by atoms with van der Waals surface area (Å²) < 4.78 is 11.6. The molecule has 1 aromatic heterocycles. The molecular weight excluding hydrogens is 412 g/mol. The molecule has 5 rings (SSSR count). The number of amides is 1. The van der Waals surface area contributed by atoms with Gasteiger partial charge in [0.25, 0.3) is 0 Å². The third-order valence-electron chi connectivity index (χ3n) is 7.14. The van der Waals surface area contributed by atoms with Gasteiger partial charge in [0.15, 0.2) is 0 Å². The fraction of sp³-hybridized carbons (Fsp3) is 0.429. The first-order valence-corrected chi connectivity index (χ1v) is 12.0. The van der Waals surface area contributed by atoms with E-state index in [-0.39, 0.29) is 11.8 Å². The largest absolute Gasteiger partial charge is 0.381 e. The molecule has 3 heterocycles. The molecule has 172 valence electrons. The standard InChI is InChI=1S/C28H32N2O3/c1-21-4-2-6-25(16-21)28(9-13-32-14-10-28)27(31)30-12-15-33-20-23(19-30)17-22-7-8-26-24(18-22)5-3-11-29-26/h2-8,11,16,18,23H,9-10,12-15,17,19-20H2,1H3/t23-/m1/s1. The van der Waals surface area contributed by atoms with Crippen LogP contribution in [0.15, 0.2) is 60.8 Å². The summed E-state index contributed by atoms with van der Waals surface area (Å²) in [6, 6.07) is 19.0. The van der Waals surface area contributed by atoms with Crippen molar-refractivity contribution in [3.8, 4) is 0 Å². The Bertz CT molecular complexity index is 1120. The van der Waals surface area contributed by atoms with Crippen LogP contribution in [0.3, 0.4) is 0 Å². The molecule has 2 aliphatic heterocycles. The van der Waals surface area contributed by atoms with Crippen molar-refractivity contribution in [2.24, 2.45) is 5.92 Å². The molecular formula is C28H32N2O3. The van der Waals surface area contributed by atoms with Crippen molar-refractivity contribution in [3.05, 3.63) is 77.5 Å². The molecule has 1 atom stereocenters. The second-order valence-corrected chi connectivity index (χ2v) is 9.49. The molecule has 0 unspecified atom stereocenters. The highest BCUT2D eigenvalue weighted by atomic mass is 16.5. The lowest BCUT2D eigenvalue weighted by Crippen LogP contribution is -2.51. The number of nitrogens with zero attached hydrogens (tertiary/aromatic N) is 2. The van der Waals surface area contributed by atoms with Gasteiger partial charge in [0.05, 0.1) is 24.1 Å². The van der Waals surface area contributed by atoms with Crippen LogP contribution in [0.25, 0.3) is 10.9 Å².